The minimum absolute atomic E-state index is 0.487. The molecule has 0 amide bonds. The summed E-state index contributed by atoms with van der Waals surface area (Å²) in [7, 11) is 0. The van der Waals surface area contributed by atoms with Gasteiger partial charge in [0.15, 0.2) is 0 Å². The third-order valence-corrected chi connectivity index (χ3v) is 3.32. The molecule has 1 aliphatic rings. The van der Waals surface area contributed by atoms with E-state index in [0.717, 1.165) is 18.9 Å². The lowest BCUT2D eigenvalue weighted by Crippen LogP contribution is -2.44. The van der Waals surface area contributed by atoms with E-state index in [1.807, 2.05) is 0 Å². The second-order valence-corrected chi connectivity index (χ2v) is 4.82. The minimum atomic E-state index is 0.487. The van der Waals surface area contributed by atoms with Gasteiger partial charge in [-0.3, -0.25) is 0 Å². The van der Waals surface area contributed by atoms with Crippen LogP contribution in [0.5, 0.6) is 0 Å². The molecule has 2 heteroatoms. The Labute approximate surface area is 88.4 Å². The van der Waals surface area contributed by atoms with Gasteiger partial charge in [-0.15, -0.1) is 0 Å². The molecule has 1 rings (SSSR count). The predicted molar refractivity (Wildman–Crippen MR) is 60.5 cm³/mol. The average molecular weight is 199 g/mol. The van der Waals surface area contributed by atoms with Gasteiger partial charge in [0.1, 0.15) is 0 Å². The van der Waals surface area contributed by atoms with Gasteiger partial charge in [-0.2, -0.15) is 0 Å². The first-order chi connectivity index (χ1) is 6.63. The highest BCUT2D eigenvalue weighted by atomic mass is 16.5. The van der Waals surface area contributed by atoms with Crippen molar-refractivity contribution in [2.75, 3.05) is 6.61 Å². The number of ether oxygens (including phenoxy) is 1. The van der Waals surface area contributed by atoms with Crippen molar-refractivity contribution in [1.82, 2.24) is 5.32 Å². The Kier molecular flexibility index (Phi) is 4.90. The molecule has 84 valence electrons. The fourth-order valence-corrected chi connectivity index (χ4v) is 1.88. The van der Waals surface area contributed by atoms with Crippen molar-refractivity contribution in [1.29, 1.82) is 0 Å². The average Bonchev–Trinajstić information content (AvgIpc) is 2.18. The third-order valence-electron chi connectivity index (χ3n) is 3.32. The van der Waals surface area contributed by atoms with Crippen LogP contribution < -0.4 is 5.32 Å². The van der Waals surface area contributed by atoms with Gasteiger partial charge in [0.05, 0.1) is 6.10 Å². The van der Waals surface area contributed by atoms with Crippen molar-refractivity contribution in [3.63, 3.8) is 0 Å². The van der Waals surface area contributed by atoms with Crippen molar-refractivity contribution in [3.05, 3.63) is 0 Å². The Morgan fingerprint density at radius 2 is 2.07 bits per heavy atom. The first-order valence-electron chi connectivity index (χ1n) is 6.01. The lowest BCUT2D eigenvalue weighted by molar-refractivity contribution is -0.00249. The van der Waals surface area contributed by atoms with Crippen molar-refractivity contribution in [2.24, 2.45) is 5.92 Å². The summed E-state index contributed by atoms with van der Waals surface area (Å²) in [5.41, 5.74) is 0. The number of hydrogen-bond donors (Lipinski definition) is 1. The molecule has 3 atom stereocenters. The van der Waals surface area contributed by atoms with Gasteiger partial charge in [-0.05, 0) is 32.1 Å². The zero-order chi connectivity index (χ0) is 10.6. The van der Waals surface area contributed by atoms with Crippen LogP contribution in [-0.2, 0) is 4.74 Å². The van der Waals surface area contributed by atoms with E-state index < -0.39 is 0 Å². The van der Waals surface area contributed by atoms with Crippen LogP contribution >= 0.6 is 0 Å². The molecule has 0 radical (unpaired) electrons. The highest BCUT2D eigenvalue weighted by molar-refractivity contribution is 4.79. The Morgan fingerprint density at radius 1 is 1.36 bits per heavy atom. The Hall–Kier alpha value is -0.0800. The highest BCUT2D eigenvalue weighted by Crippen LogP contribution is 2.17. The van der Waals surface area contributed by atoms with Gasteiger partial charge >= 0.3 is 0 Å². The summed E-state index contributed by atoms with van der Waals surface area (Å²) in [5, 5.41) is 3.70. The smallest absolute Gasteiger partial charge is 0.0587 e. The SMILES string of the molecule is CCC1CC(NC(C)C(C)C)CCO1. The normalized spacial score (nSPS) is 30.6. The number of hydrogen-bond acceptors (Lipinski definition) is 2. The molecule has 14 heavy (non-hydrogen) atoms. The fraction of sp³-hybridized carbons (Fsp3) is 1.00. The molecule has 0 aromatic carbocycles. The molecule has 0 aromatic rings. The monoisotopic (exact) mass is 199 g/mol. The molecule has 1 heterocycles. The molecule has 1 aliphatic heterocycles. The summed E-state index contributed by atoms with van der Waals surface area (Å²) in [6.07, 6.45) is 4.00. The largest absolute Gasteiger partial charge is 0.378 e. The first-order valence-corrected chi connectivity index (χ1v) is 6.01. The molecule has 2 nitrogen and oxygen atoms in total. The summed E-state index contributed by atoms with van der Waals surface area (Å²) >= 11 is 0. The van der Waals surface area contributed by atoms with Crippen molar-refractivity contribution < 1.29 is 4.74 Å². The van der Waals surface area contributed by atoms with Crippen LogP contribution in [0.15, 0.2) is 0 Å². The summed E-state index contributed by atoms with van der Waals surface area (Å²) in [6.45, 7) is 9.96. The van der Waals surface area contributed by atoms with Gasteiger partial charge in [-0.1, -0.05) is 20.8 Å². The maximum atomic E-state index is 5.66. The van der Waals surface area contributed by atoms with Gasteiger partial charge in [0, 0.05) is 18.7 Å². The van der Waals surface area contributed by atoms with Crippen molar-refractivity contribution >= 4 is 0 Å². The molecule has 3 unspecified atom stereocenters. The van der Waals surface area contributed by atoms with Crippen LogP contribution in [0.1, 0.15) is 47.0 Å². The van der Waals surface area contributed by atoms with E-state index in [9.17, 15) is 0 Å². The van der Waals surface area contributed by atoms with E-state index >= 15 is 0 Å². The summed E-state index contributed by atoms with van der Waals surface area (Å²) in [6, 6.07) is 1.29. The summed E-state index contributed by atoms with van der Waals surface area (Å²) in [5.74, 6) is 0.720. The molecular formula is C12H25NO. The Balaban J connectivity index is 2.30. The Bertz CT molecular complexity index is 158. The maximum Gasteiger partial charge on any atom is 0.0587 e. The number of rotatable bonds is 4. The van der Waals surface area contributed by atoms with Crippen LogP contribution in [-0.4, -0.2) is 24.8 Å². The van der Waals surface area contributed by atoms with E-state index in [4.69, 9.17) is 4.74 Å². The van der Waals surface area contributed by atoms with E-state index in [0.29, 0.717) is 18.2 Å². The van der Waals surface area contributed by atoms with Crippen molar-refractivity contribution in [3.8, 4) is 0 Å². The van der Waals surface area contributed by atoms with Crippen LogP contribution in [0.3, 0.4) is 0 Å². The van der Waals surface area contributed by atoms with Gasteiger partial charge in [0.25, 0.3) is 0 Å². The van der Waals surface area contributed by atoms with E-state index in [-0.39, 0.29) is 0 Å². The van der Waals surface area contributed by atoms with Crippen LogP contribution in [0, 0.1) is 5.92 Å². The lowest BCUT2D eigenvalue weighted by atomic mass is 9.98. The van der Waals surface area contributed by atoms with Crippen molar-refractivity contribution in [2.45, 2.75) is 65.1 Å². The van der Waals surface area contributed by atoms with Gasteiger partial charge in [-0.25, -0.2) is 0 Å². The third kappa shape index (κ3) is 3.58. The molecule has 1 fully saturated rings. The fourth-order valence-electron chi connectivity index (χ4n) is 1.88. The topological polar surface area (TPSA) is 21.3 Å². The predicted octanol–water partition coefficient (Wildman–Crippen LogP) is 2.58. The molecule has 0 aliphatic carbocycles. The summed E-state index contributed by atoms with van der Waals surface area (Å²) < 4.78 is 5.66. The molecule has 0 spiro atoms. The Morgan fingerprint density at radius 3 is 2.64 bits per heavy atom. The summed E-state index contributed by atoms with van der Waals surface area (Å²) in [4.78, 5) is 0. The van der Waals surface area contributed by atoms with E-state index in [1.54, 1.807) is 0 Å². The molecular weight excluding hydrogens is 174 g/mol. The maximum absolute atomic E-state index is 5.66. The van der Waals surface area contributed by atoms with Crippen LogP contribution in [0.2, 0.25) is 0 Å². The second kappa shape index (κ2) is 5.72. The minimum Gasteiger partial charge on any atom is -0.378 e. The quantitative estimate of drug-likeness (QED) is 0.751. The molecule has 0 saturated carbocycles. The number of nitrogens with one attached hydrogen (secondary N) is 1. The second-order valence-electron chi connectivity index (χ2n) is 4.82. The standard InChI is InChI=1S/C12H25NO/c1-5-12-8-11(6-7-14-12)13-10(4)9(2)3/h9-13H,5-8H2,1-4H3. The highest BCUT2D eigenvalue weighted by Gasteiger charge is 2.22. The zero-order valence-electron chi connectivity index (χ0n) is 10.0. The molecule has 0 aromatic heterocycles. The zero-order valence-corrected chi connectivity index (χ0v) is 10.0. The lowest BCUT2D eigenvalue weighted by Gasteiger charge is -2.32. The van der Waals surface area contributed by atoms with Crippen LogP contribution in [0.25, 0.3) is 0 Å². The first kappa shape index (κ1) is 12.0. The molecule has 0 bridgehead atoms. The van der Waals surface area contributed by atoms with E-state index in [1.165, 1.54) is 12.8 Å². The molecule has 1 N–H and O–H groups in total. The van der Waals surface area contributed by atoms with E-state index in [2.05, 4.69) is 33.0 Å². The molecule has 1 saturated heterocycles. The van der Waals surface area contributed by atoms with Crippen LogP contribution in [0.4, 0.5) is 0 Å². The van der Waals surface area contributed by atoms with Gasteiger partial charge in [0.2, 0.25) is 0 Å². The van der Waals surface area contributed by atoms with Gasteiger partial charge < -0.3 is 10.1 Å².